The van der Waals surface area contributed by atoms with Crippen LogP contribution in [0.5, 0.6) is 0 Å². The Bertz CT molecular complexity index is 613. The number of nitrogens with one attached hydrogen (secondary N) is 1. The van der Waals surface area contributed by atoms with Crippen LogP contribution in [0.15, 0.2) is 24.7 Å². The molecule has 1 aliphatic rings. The van der Waals surface area contributed by atoms with Gasteiger partial charge in [-0.15, -0.1) is 10.2 Å². The van der Waals surface area contributed by atoms with Gasteiger partial charge in [0.25, 0.3) is 0 Å². The number of pyridine rings is 1. The second-order valence-corrected chi connectivity index (χ2v) is 6.86. The van der Waals surface area contributed by atoms with Gasteiger partial charge in [0.15, 0.2) is 0 Å². The molecule has 0 spiro atoms. The van der Waals surface area contributed by atoms with E-state index in [1.165, 1.54) is 31.2 Å². The van der Waals surface area contributed by atoms with Crippen molar-refractivity contribution in [3.8, 4) is 0 Å². The van der Waals surface area contributed by atoms with Crippen LogP contribution < -0.4 is 5.32 Å². The fourth-order valence-electron chi connectivity index (χ4n) is 3.52. The minimum atomic E-state index is 0.193. The molecule has 23 heavy (non-hydrogen) atoms. The van der Waals surface area contributed by atoms with Crippen LogP contribution in [0.3, 0.4) is 0 Å². The lowest BCUT2D eigenvalue weighted by Crippen LogP contribution is -2.32. The van der Waals surface area contributed by atoms with Crippen molar-refractivity contribution in [2.45, 2.75) is 71.0 Å². The highest BCUT2D eigenvalue weighted by Crippen LogP contribution is 2.31. The van der Waals surface area contributed by atoms with Gasteiger partial charge in [0.2, 0.25) is 0 Å². The normalized spacial score (nSPS) is 18.2. The van der Waals surface area contributed by atoms with E-state index in [9.17, 15) is 0 Å². The SMILES string of the molecule is Cc1ccc(C[C@H](C)N[C@@H](C)c2nncn2C2CCCC2)nc1. The maximum absolute atomic E-state index is 4.50. The molecule has 0 saturated heterocycles. The van der Waals surface area contributed by atoms with Gasteiger partial charge in [-0.2, -0.15) is 0 Å². The molecule has 2 aromatic heterocycles. The Balaban J connectivity index is 1.61. The molecule has 5 nitrogen and oxygen atoms in total. The molecule has 0 aromatic carbocycles. The summed E-state index contributed by atoms with van der Waals surface area (Å²) in [7, 11) is 0. The van der Waals surface area contributed by atoms with E-state index in [4.69, 9.17) is 0 Å². The van der Waals surface area contributed by atoms with Crippen molar-refractivity contribution in [2.75, 3.05) is 0 Å². The number of hydrogen-bond acceptors (Lipinski definition) is 4. The lowest BCUT2D eigenvalue weighted by atomic mass is 10.1. The van der Waals surface area contributed by atoms with Crippen LogP contribution in [0.25, 0.3) is 0 Å². The Labute approximate surface area is 138 Å². The van der Waals surface area contributed by atoms with E-state index in [2.05, 4.69) is 58.0 Å². The smallest absolute Gasteiger partial charge is 0.149 e. The number of hydrogen-bond donors (Lipinski definition) is 1. The highest BCUT2D eigenvalue weighted by Gasteiger charge is 2.23. The van der Waals surface area contributed by atoms with Crippen molar-refractivity contribution >= 4 is 0 Å². The average molecular weight is 313 g/mol. The summed E-state index contributed by atoms with van der Waals surface area (Å²) in [5.41, 5.74) is 2.33. The zero-order valence-corrected chi connectivity index (χ0v) is 14.4. The molecule has 124 valence electrons. The Morgan fingerprint density at radius 3 is 2.74 bits per heavy atom. The Morgan fingerprint density at radius 1 is 1.26 bits per heavy atom. The van der Waals surface area contributed by atoms with Crippen LogP contribution in [0.2, 0.25) is 0 Å². The lowest BCUT2D eigenvalue weighted by molar-refractivity contribution is 0.417. The van der Waals surface area contributed by atoms with Crippen molar-refractivity contribution in [1.29, 1.82) is 0 Å². The Morgan fingerprint density at radius 2 is 2.04 bits per heavy atom. The van der Waals surface area contributed by atoms with E-state index in [1.807, 2.05) is 12.5 Å². The molecule has 0 aliphatic heterocycles. The van der Waals surface area contributed by atoms with E-state index in [1.54, 1.807) is 0 Å². The van der Waals surface area contributed by atoms with Crippen molar-refractivity contribution in [2.24, 2.45) is 0 Å². The molecule has 0 unspecified atom stereocenters. The van der Waals surface area contributed by atoms with Crippen LogP contribution in [-0.2, 0) is 6.42 Å². The quantitative estimate of drug-likeness (QED) is 0.888. The highest BCUT2D eigenvalue weighted by atomic mass is 15.3. The summed E-state index contributed by atoms with van der Waals surface area (Å²) >= 11 is 0. The van der Waals surface area contributed by atoms with E-state index in [0.29, 0.717) is 12.1 Å². The standard InChI is InChI=1S/C18H27N5/c1-13-8-9-16(19-11-13)10-14(2)21-15(3)18-22-20-12-23(18)17-6-4-5-7-17/h8-9,11-12,14-15,17,21H,4-7,10H2,1-3H3/t14-,15-/m0/s1. The molecule has 2 aromatic rings. The predicted molar refractivity (Wildman–Crippen MR) is 91.2 cm³/mol. The number of aromatic nitrogens is 4. The summed E-state index contributed by atoms with van der Waals surface area (Å²) in [5, 5.41) is 12.2. The number of nitrogens with zero attached hydrogens (tertiary/aromatic N) is 4. The monoisotopic (exact) mass is 313 g/mol. The molecule has 1 N–H and O–H groups in total. The zero-order chi connectivity index (χ0) is 16.2. The fraction of sp³-hybridized carbons (Fsp3) is 0.611. The first-order valence-electron chi connectivity index (χ1n) is 8.70. The Hall–Kier alpha value is -1.75. The molecule has 0 amide bonds. The van der Waals surface area contributed by atoms with Gasteiger partial charge < -0.3 is 9.88 Å². The van der Waals surface area contributed by atoms with Crippen LogP contribution in [-0.4, -0.2) is 25.8 Å². The van der Waals surface area contributed by atoms with Gasteiger partial charge in [0.1, 0.15) is 12.2 Å². The first kappa shape index (κ1) is 16.1. The molecule has 2 atom stereocenters. The van der Waals surface area contributed by atoms with Crippen molar-refractivity contribution in [3.63, 3.8) is 0 Å². The molecule has 5 heteroatoms. The van der Waals surface area contributed by atoms with E-state index in [-0.39, 0.29) is 6.04 Å². The van der Waals surface area contributed by atoms with Gasteiger partial charge in [0, 0.05) is 30.4 Å². The van der Waals surface area contributed by atoms with Crippen LogP contribution in [0.1, 0.15) is 68.7 Å². The summed E-state index contributed by atoms with van der Waals surface area (Å²) in [4.78, 5) is 4.50. The third-order valence-corrected chi connectivity index (χ3v) is 4.73. The van der Waals surface area contributed by atoms with Gasteiger partial charge in [0.05, 0.1) is 6.04 Å². The van der Waals surface area contributed by atoms with E-state index < -0.39 is 0 Å². The summed E-state index contributed by atoms with van der Waals surface area (Å²) in [6.07, 6.45) is 9.89. The topological polar surface area (TPSA) is 55.6 Å². The van der Waals surface area contributed by atoms with E-state index in [0.717, 1.165) is 17.9 Å². The molecule has 0 bridgehead atoms. The summed E-state index contributed by atoms with van der Waals surface area (Å²) in [6, 6.07) is 5.35. The molecule has 2 heterocycles. The zero-order valence-electron chi connectivity index (χ0n) is 14.4. The van der Waals surface area contributed by atoms with Gasteiger partial charge in [-0.05, 0) is 45.2 Å². The first-order valence-corrected chi connectivity index (χ1v) is 8.70. The maximum atomic E-state index is 4.50. The lowest BCUT2D eigenvalue weighted by Gasteiger charge is -2.22. The number of rotatable bonds is 6. The van der Waals surface area contributed by atoms with Crippen molar-refractivity contribution in [1.82, 2.24) is 25.1 Å². The van der Waals surface area contributed by atoms with Gasteiger partial charge in [-0.1, -0.05) is 18.9 Å². The van der Waals surface area contributed by atoms with Gasteiger partial charge >= 0.3 is 0 Å². The summed E-state index contributed by atoms with van der Waals surface area (Å²) in [6.45, 7) is 6.44. The van der Waals surface area contributed by atoms with E-state index >= 15 is 0 Å². The maximum Gasteiger partial charge on any atom is 0.149 e. The third-order valence-electron chi connectivity index (χ3n) is 4.73. The van der Waals surface area contributed by atoms with Crippen LogP contribution >= 0.6 is 0 Å². The van der Waals surface area contributed by atoms with Gasteiger partial charge in [-0.25, -0.2) is 0 Å². The second kappa shape index (κ2) is 7.21. The van der Waals surface area contributed by atoms with Gasteiger partial charge in [-0.3, -0.25) is 4.98 Å². The van der Waals surface area contributed by atoms with Crippen molar-refractivity contribution in [3.05, 3.63) is 41.7 Å². The highest BCUT2D eigenvalue weighted by molar-refractivity contribution is 5.13. The molecular formula is C18H27N5. The second-order valence-electron chi connectivity index (χ2n) is 6.86. The summed E-state index contributed by atoms with van der Waals surface area (Å²) < 4.78 is 2.28. The molecular weight excluding hydrogens is 286 g/mol. The minimum absolute atomic E-state index is 0.193. The molecule has 3 rings (SSSR count). The fourth-order valence-corrected chi connectivity index (χ4v) is 3.52. The van der Waals surface area contributed by atoms with Crippen LogP contribution in [0.4, 0.5) is 0 Å². The Kier molecular flexibility index (Phi) is 5.06. The third kappa shape index (κ3) is 3.96. The molecule has 1 saturated carbocycles. The summed E-state index contributed by atoms with van der Waals surface area (Å²) in [5.74, 6) is 1.06. The molecule has 0 radical (unpaired) electrons. The largest absolute Gasteiger partial charge is 0.313 e. The molecule has 1 aliphatic carbocycles. The van der Waals surface area contributed by atoms with Crippen LogP contribution in [0, 0.1) is 6.92 Å². The predicted octanol–water partition coefficient (Wildman–Crippen LogP) is 3.38. The first-order chi connectivity index (χ1) is 11.1. The molecule has 1 fully saturated rings. The number of aryl methyl sites for hydroxylation is 1. The van der Waals surface area contributed by atoms with Crippen molar-refractivity contribution < 1.29 is 0 Å². The average Bonchev–Trinajstić information content (AvgIpc) is 3.19. The minimum Gasteiger partial charge on any atom is -0.313 e.